The molecule has 0 spiro atoms. The Morgan fingerprint density at radius 1 is 1.25 bits per heavy atom. The molecule has 124 valence electrons. The highest BCUT2D eigenvalue weighted by Gasteiger charge is 2.14. The van der Waals surface area contributed by atoms with Gasteiger partial charge in [-0.05, 0) is 48.7 Å². The summed E-state index contributed by atoms with van der Waals surface area (Å²) in [7, 11) is 0. The summed E-state index contributed by atoms with van der Waals surface area (Å²) in [5.74, 6) is 0.726. The lowest BCUT2D eigenvalue weighted by Crippen LogP contribution is -2.13. The first-order valence-electron chi connectivity index (χ1n) is 7.89. The van der Waals surface area contributed by atoms with E-state index in [1.54, 1.807) is 18.2 Å². The quantitative estimate of drug-likeness (QED) is 0.686. The van der Waals surface area contributed by atoms with Gasteiger partial charge in [-0.25, -0.2) is 4.98 Å². The molecule has 4 nitrogen and oxygen atoms in total. The van der Waals surface area contributed by atoms with Gasteiger partial charge < -0.3 is 9.73 Å². The van der Waals surface area contributed by atoms with Gasteiger partial charge in [-0.1, -0.05) is 31.5 Å². The molecule has 24 heavy (non-hydrogen) atoms. The van der Waals surface area contributed by atoms with Gasteiger partial charge >= 0.3 is 0 Å². The second-order valence-corrected chi connectivity index (χ2v) is 6.74. The Labute approximate surface area is 145 Å². The highest BCUT2D eigenvalue weighted by molar-refractivity contribution is 6.33. The lowest BCUT2D eigenvalue weighted by molar-refractivity contribution is -0.116. The molecule has 3 aromatic rings. The van der Waals surface area contributed by atoms with Crippen molar-refractivity contribution in [1.29, 1.82) is 0 Å². The Hall–Kier alpha value is -2.33. The van der Waals surface area contributed by atoms with Gasteiger partial charge in [-0.15, -0.1) is 0 Å². The number of halogens is 1. The molecule has 1 heterocycles. The Morgan fingerprint density at radius 2 is 2.04 bits per heavy atom. The largest absolute Gasteiger partial charge is 0.436 e. The highest BCUT2D eigenvalue weighted by Crippen LogP contribution is 2.32. The fraction of sp³-hybridized carbons (Fsp3) is 0.263. The maximum absolute atomic E-state index is 12.0. The molecule has 5 heteroatoms. The van der Waals surface area contributed by atoms with Crippen LogP contribution in [0.4, 0.5) is 5.69 Å². The molecule has 1 aromatic heterocycles. The van der Waals surface area contributed by atoms with Crippen LogP contribution in [0.1, 0.15) is 25.8 Å². The van der Waals surface area contributed by atoms with E-state index >= 15 is 0 Å². The van der Waals surface area contributed by atoms with Crippen molar-refractivity contribution in [3.63, 3.8) is 0 Å². The van der Waals surface area contributed by atoms with E-state index < -0.39 is 0 Å². The summed E-state index contributed by atoms with van der Waals surface area (Å²) in [6.45, 7) is 6.01. The van der Waals surface area contributed by atoms with Crippen molar-refractivity contribution in [1.82, 2.24) is 4.98 Å². The van der Waals surface area contributed by atoms with Crippen LogP contribution in [-0.4, -0.2) is 10.9 Å². The summed E-state index contributed by atoms with van der Waals surface area (Å²) in [5, 5.41) is 3.41. The van der Waals surface area contributed by atoms with Gasteiger partial charge in [0, 0.05) is 12.1 Å². The van der Waals surface area contributed by atoms with Gasteiger partial charge in [0.25, 0.3) is 0 Å². The molecule has 0 aliphatic heterocycles. The molecule has 0 atom stereocenters. The Bertz CT molecular complexity index is 900. The zero-order chi connectivity index (χ0) is 17.3. The van der Waals surface area contributed by atoms with Crippen LogP contribution in [0.25, 0.3) is 22.6 Å². The van der Waals surface area contributed by atoms with Crippen molar-refractivity contribution in [2.75, 3.05) is 5.32 Å². The van der Waals surface area contributed by atoms with Gasteiger partial charge in [0.15, 0.2) is 5.58 Å². The normalized spacial score (nSPS) is 11.2. The van der Waals surface area contributed by atoms with E-state index in [-0.39, 0.29) is 5.91 Å². The monoisotopic (exact) mass is 342 g/mol. The summed E-state index contributed by atoms with van der Waals surface area (Å²) >= 11 is 6.30. The van der Waals surface area contributed by atoms with Crippen LogP contribution in [0, 0.1) is 12.8 Å². The smallest absolute Gasteiger partial charge is 0.228 e. The molecule has 3 rings (SSSR count). The summed E-state index contributed by atoms with van der Waals surface area (Å²) in [5.41, 5.74) is 3.94. The van der Waals surface area contributed by atoms with Crippen LogP contribution in [0.5, 0.6) is 0 Å². The topological polar surface area (TPSA) is 55.1 Å². The Balaban J connectivity index is 1.94. The molecule has 0 fully saturated rings. The fourth-order valence-electron chi connectivity index (χ4n) is 2.50. The Kier molecular flexibility index (Phi) is 4.58. The molecular formula is C19H19ClN2O2. The number of benzene rings is 2. The second kappa shape index (κ2) is 6.65. The van der Waals surface area contributed by atoms with Crippen LogP contribution < -0.4 is 5.32 Å². The molecule has 0 saturated carbocycles. The predicted molar refractivity (Wildman–Crippen MR) is 97.3 cm³/mol. The van der Waals surface area contributed by atoms with E-state index in [1.165, 1.54) is 0 Å². The van der Waals surface area contributed by atoms with Gasteiger partial charge in [-0.2, -0.15) is 0 Å². The number of aromatic nitrogens is 1. The lowest BCUT2D eigenvalue weighted by atomic mass is 10.1. The van der Waals surface area contributed by atoms with E-state index in [9.17, 15) is 4.79 Å². The first-order valence-corrected chi connectivity index (χ1v) is 8.27. The first kappa shape index (κ1) is 16.5. The number of amides is 1. The molecule has 1 amide bonds. The van der Waals surface area contributed by atoms with E-state index in [0.717, 1.165) is 16.7 Å². The number of nitrogens with one attached hydrogen (secondary N) is 1. The van der Waals surface area contributed by atoms with Crippen molar-refractivity contribution < 1.29 is 9.21 Å². The fourth-order valence-corrected chi connectivity index (χ4v) is 2.70. The molecule has 0 unspecified atom stereocenters. The van der Waals surface area contributed by atoms with Crippen LogP contribution in [0.15, 0.2) is 40.8 Å². The summed E-state index contributed by atoms with van der Waals surface area (Å²) in [6.07, 6.45) is 0.472. The Morgan fingerprint density at radius 3 is 2.79 bits per heavy atom. The number of nitrogens with zero attached hydrogens (tertiary/aromatic N) is 1. The number of fused-ring (bicyclic) bond motifs is 1. The third kappa shape index (κ3) is 3.60. The number of carbonyl (C=O) groups is 1. The second-order valence-electron chi connectivity index (χ2n) is 6.33. The first-order chi connectivity index (χ1) is 11.4. The number of carbonyl (C=O) groups excluding carboxylic acids is 1. The average Bonchev–Trinajstić information content (AvgIpc) is 2.91. The van der Waals surface area contributed by atoms with Crippen molar-refractivity contribution in [2.45, 2.75) is 27.2 Å². The average molecular weight is 343 g/mol. The van der Waals surface area contributed by atoms with Crippen molar-refractivity contribution in [2.24, 2.45) is 5.92 Å². The minimum absolute atomic E-state index is 0.0218. The minimum atomic E-state index is -0.0218. The number of oxazole rings is 1. The number of anilines is 1. The van der Waals surface area contributed by atoms with Crippen LogP contribution >= 0.6 is 11.6 Å². The van der Waals surface area contributed by atoms with Gasteiger partial charge in [0.1, 0.15) is 5.52 Å². The van der Waals surface area contributed by atoms with E-state index in [0.29, 0.717) is 34.5 Å². The molecule has 2 aromatic carbocycles. The van der Waals surface area contributed by atoms with Crippen LogP contribution in [0.2, 0.25) is 5.02 Å². The van der Waals surface area contributed by atoms with Crippen LogP contribution in [-0.2, 0) is 4.79 Å². The number of hydrogen-bond donors (Lipinski definition) is 1. The van der Waals surface area contributed by atoms with E-state index in [2.05, 4.69) is 10.3 Å². The van der Waals surface area contributed by atoms with E-state index in [1.807, 2.05) is 39.0 Å². The molecular weight excluding hydrogens is 324 g/mol. The molecule has 0 saturated heterocycles. The van der Waals surface area contributed by atoms with Gasteiger partial charge in [0.2, 0.25) is 11.8 Å². The molecule has 1 N–H and O–H groups in total. The maximum atomic E-state index is 12.0. The summed E-state index contributed by atoms with van der Waals surface area (Å²) in [6, 6.07) is 11.1. The maximum Gasteiger partial charge on any atom is 0.228 e. The number of rotatable bonds is 4. The van der Waals surface area contributed by atoms with Gasteiger partial charge in [-0.3, -0.25) is 4.79 Å². The van der Waals surface area contributed by atoms with Crippen molar-refractivity contribution in [3.05, 3.63) is 47.0 Å². The van der Waals surface area contributed by atoms with E-state index in [4.69, 9.17) is 16.0 Å². The molecule has 0 aliphatic carbocycles. The van der Waals surface area contributed by atoms with Crippen LogP contribution in [0.3, 0.4) is 0 Å². The third-order valence-electron chi connectivity index (χ3n) is 3.62. The molecule has 0 bridgehead atoms. The standard InChI is InChI=1S/C19H19ClN2O2/c1-11(2)8-18(23)21-13-5-6-15(20)14(10-13)19-22-16-7-4-12(3)9-17(16)24-19/h4-7,9-11H,8H2,1-3H3,(H,21,23). The summed E-state index contributed by atoms with van der Waals surface area (Å²) in [4.78, 5) is 16.4. The predicted octanol–water partition coefficient (Wildman–Crippen LogP) is 5.44. The SMILES string of the molecule is Cc1ccc2nc(-c3cc(NC(=O)CC(C)C)ccc3Cl)oc2c1. The number of aryl methyl sites for hydroxylation is 1. The third-order valence-corrected chi connectivity index (χ3v) is 3.95. The molecule has 0 aliphatic rings. The number of hydrogen-bond acceptors (Lipinski definition) is 3. The molecule has 0 radical (unpaired) electrons. The lowest BCUT2D eigenvalue weighted by Gasteiger charge is -2.09. The zero-order valence-electron chi connectivity index (χ0n) is 13.9. The van der Waals surface area contributed by atoms with Crippen molar-refractivity contribution in [3.8, 4) is 11.5 Å². The van der Waals surface area contributed by atoms with Crippen molar-refractivity contribution >= 4 is 34.3 Å². The van der Waals surface area contributed by atoms with Gasteiger partial charge in [0.05, 0.1) is 10.6 Å². The zero-order valence-corrected chi connectivity index (χ0v) is 14.6. The minimum Gasteiger partial charge on any atom is -0.436 e. The summed E-state index contributed by atoms with van der Waals surface area (Å²) < 4.78 is 5.83. The highest BCUT2D eigenvalue weighted by atomic mass is 35.5.